The second-order valence-electron chi connectivity index (χ2n) is 8.27. The van der Waals surface area contributed by atoms with Gasteiger partial charge in [-0.1, -0.05) is 55.8 Å². The zero-order valence-corrected chi connectivity index (χ0v) is 18.8. The number of nitrogens with one attached hydrogen (secondary N) is 2. The highest BCUT2D eigenvalue weighted by molar-refractivity contribution is 6.31. The molecule has 0 aliphatic carbocycles. The first-order valence-electron chi connectivity index (χ1n) is 10.6. The summed E-state index contributed by atoms with van der Waals surface area (Å²) >= 11 is 6.24. The minimum absolute atomic E-state index is 0.197. The summed E-state index contributed by atoms with van der Waals surface area (Å²) in [5, 5.41) is 3.67. The molecule has 2 aromatic carbocycles. The van der Waals surface area contributed by atoms with Crippen LogP contribution in [0.15, 0.2) is 71.7 Å². The molecule has 2 N–H and O–H groups in total. The van der Waals surface area contributed by atoms with Gasteiger partial charge in [0.15, 0.2) is 0 Å². The van der Waals surface area contributed by atoms with E-state index in [4.69, 9.17) is 11.6 Å². The van der Waals surface area contributed by atoms with Crippen molar-refractivity contribution in [3.8, 4) is 0 Å². The number of imidazole rings is 1. The van der Waals surface area contributed by atoms with Crippen LogP contribution in [0.4, 0.5) is 0 Å². The van der Waals surface area contributed by atoms with E-state index >= 15 is 0 Å². The fraction of sp³-hybridized carbons (Fsp3) is 0.240. The lowest BCUT2D eigenvalue weighted by Gasteiger charge is -2.19. The highest BCUT2D eigenvalue weighted by atomic mass is 35.5. The SMILES string of the molecule is CC(C)CC(NC(=O)c1ccc(=O)n(Cc2ccccc2Cl)c1)c1nc2ccccc2[nH]1. The Morgan fingerprint density at radius 2 is 1.84 bits per heavy atom. The molecule has 32 heavy (non-hydrogen) atoms. The van der Waals surface area contributed by atoms with Gasteiger partial charge in [0.25, 0.3) is 11.5 Å². The summed E-state index contributed by atoms with van der Waals surface area (Å²) in [6.07, 6.45) is 2.30. The van der Waals surface area contributed by atoms with E-state index < -0.39 is 0 Å². The number of benzene rings is 2. The molecule has 0 saturated heterocycles. The Morgan fingerprint density at radius 1 is 1.09 bits per heavy atom. The van der Waals surface area contributed by atoms with Crippen LogP contribution < -0.4 is 10.9 Å². The van der Waals surface area contributed by atoms with E-state index in [1.807, 2.05) is 42.5 Å². The topological polar surface area (TPSA) is 79.8 Å². The van der Waals surface area contributed by atoms with Crippen LogP contribution >= 0.6 is 11.6 Å². The number of carbonyl (C=O) groups excluding carboxylic acids is 1. The van der Waals surface area contributed by atoms with E-state index in [-0.39, 0.29) is 17.5 Å². The van der Waals surface area contributed by atoms with E-state index in [1.54, 1.807) is 18.3 Å². The van der Waals surface area contributed by atoms with E-state index in [0.29, 0.717) is 23.0 Å². The van der Waals surface area contributed by atoms with Crippen molar-refractivity contribution in [1.29, 1.82) is 0 Å². The summed E-state index contributed by atoms with van der Waals surface area (Å²) in [4.78, 5) is 33.5. The van der Waals surface area contributed by atoms with Crippen LogP contribution in [0.5, 0.6) is 0 Å². The first-order chi connectivity index (χ1) is 15.4. The molecule has 2 aromatic heterocycles. The largest absolute Gasteiger partial charge is 0.342 e. The van der Waals surface area contributed by atoms with Gasteiger partial charge in [-0.15, -0.1) is 0 Å². The molecular formula is C25H25ClN4O2. The number of hydrogen-bond donors (Lipinski definition) is 2. The lowest BCUT2D eigenvalue weighted by molar-refractivity contribution is 0.0929. The van der Waals surface area contributed by atoms with Gasteiger partial charge in [0.1, 0.15) is 5.82 Å². The lowest BCUT2D eigenvalue weighted by atomic mass is 10.0. The molecule has 164 valence electrons. The quantitative estimate of drug-likeness (QED) is 0.420. The Bertz CT molecular complexity index is 1280. The van der Waals surface area contributed by atoms with E-state index in [0.717, 1.165) is 28.8 Å². The van der Waals surface area contributed by atoms with Gasteiger partial charge in [-0.2, -0.15) is 0 Å². The monoisotopic (exact) mass is 448 g/mol. The van der Waals surface area contributed by atoms with E-state index in [1.165, 1.54) is 10.6 Å². The zero-order chi connectivity index (χ0) is 22.7. The number of carbonyl (C=O) groups is 1. The minimum atomic E-state index is -0.279. The number of aromatic amines is 1. The number of rotatable bonds is 7. The van der Waals surface area contributed by atoms with Crippen LogP contribution in [-0.4, -0.2) is 20.4 Å². The van der Waals surface area contributed by atoms with Gasteiger partial charge >= 0.3 is 0 Å². The molecule has 0 aliphatic rings. The molecule has 0 aliphatic heterocycles. The first kappa shape index (κ1) is 21.8. The van der Waals surface area contributed by atoms with Crippen molar-refractivity contribution in [2.45, 2.75) is 32.9 Å². The number of para-hydroxylation sites is 2. The smallest absolute Gasteiger partial charge is 0.253 e. The van der Waals surface area contributed by atoms with Gasteiger partial charge in [0.05, 0.1) is 29.2 Å². The normalized spacial score (nSPS) is 12.2. The van der Waals surface area contributed by atoms with Crippen molar-refractivity contribution in [2.24, 2.45) is 5.92 Å². The van der Waals surface area contributed by atoms with Gasteiger partial charge in [-0.3, -0.25) is 9.59 Å². The van der Waals surface area contributed by atoms with Crippen molar-refractivity contribution in [2.75, 3.05) is 0 Å². The van der Waals surface area contributed by atoms with Crippen molar-refractivity contribution in [3.63, 3.8) is 0 Å². The molecule has 0 bridgehead atoms. The van der Waals surface area contributed by atoms with Crippen LogP contribution in [0.25, 0.3) is 11.0 Å². The summed E-state index contributed by atoms with van der Waals surface area (Å²) in [5.41, 5.74) is 2.81. The van der Waals surface area contributed by atoms with Crippen molar-refractivity contribution in [1.82, 2.24) is 19.9 Å². The molecule has 2 heterocycles. The van der Waals surface area contributed by atoms with E-state index in [2.05, 4.69) is 29.1 Å². The molecule has 7 heteroatoms. The van der Waals surface area contributed by atoms with Crippen LogP contribution in [0.1, 0.15) is 48.1 Å². The second-order valence-corrected chi connectivity index (χ2v) is 8.68. The summed E-state index contributed by atoms with van der Waals surface area (Å²) in [5.74, 6) is 0.810. The Labute approximate surface area is 191 Å². The number of aromatic nitrogens is 3. The van der Waals surface area contributed by atoms with Crippen molar-refractivity contribution < 1.29 is 4.79 Å². The molecule has 0 fully saturated rings. The van der Waals surface area contributed by atoms with Gasteiger partial charge in [-0.05, 0) is 42.2 Å². The fourth-order valence-electron chi connectivity index (χ4n) is 3.69. The van der Waals surface area contributed by atoms with Crippen LogP contribution in [0, 0.1) is 5.92 Å². The first-order valence-corrected chi connectivity index (χ1v) is 11.0. The standard InChI is InChI=1S/C25H25ClN4O2/c1-16(2)13-22(24-27-20-9-5-6-10-21(20)28-24)29-25(32)18-11-12-23(31)30(15-18)14-17-7-3-4-8-19(17)26/h3-12,15-16,22H,13-14H2,1-2H3,(H,27,28)(H,29,32). The maximum atomic E-state index is 13.1. The third-order valence-electron chi connectivity index (χ3n) is 5.29. The number of nitrogens with zero attached hydrogens (tertiary/aromatic N) is 2. The third-order valence-corrected chi connectivity index (χ3v) is 5.66. The van der Waals surface area contributed by atoms with Crippen molar-refractivity contribution >= 4 is 28.5 Å². The summed E-state index contributed by atoms with van der Waals surface area (Å²) < 4.78 is 1.49. The molecule has 4 rings (SSSR count). The number of fused-ring (bicyclic) bond motifs is 1. The zero-order valence-electron chi connectivity index (χ0n) is 18.0. The summed E-state index contributed by atoms with van der Waals surface area (Å²) in [6.45, 7) is 4.50. The van der Waals surface area contributed by atoms with E-state index in [9.17, 15) is 9.59 Å². The molecular weight excluding hydrogens is 424 g/mol. The Balaban J connectivity index is 1.59. The predicted molar refractivity (Wildman–Crippen MR) is 127 cm³/mol. The average Bonchev–Trinajstić information content (AvgIpc) is 3.20. The van der Waals surface area contributed by atoms with Gasteiger partial charge in [0, 0.05) is 17.3 Å². The number of amides is 1. The van der Waals surface area contributed by atoms with Gasteiger partial charge < -0.3 is 14.9 Å². The van der Waals surface area contributed by atoms with Crippen LogP contribution in [0.2, 0.25) is 5.02 Å². The Kier molecular flexibility index (Phi) is 6.42. The maximum Gasteiger partial charge on any atom is 0.253 e. The molecule has 4 aromatic rings. The number of H-pyrrole nitrogens is 1. The lowest BCUT2D eigenvalue weighted by Crippen LogP contribution is -2.31. The molecule has 1 unspecified atom stereocenters. The van der Waals surface area contributed by atoms with Gasteiger partial charge in [0.2, 0.25) is 0 Å². The number of pyridine rings is 1. The number of halogens is 1. The number of hydrogen-bond acceptors (Lipinski definition) is 3. The molecule has 0 spiro atoms. The predicted octanol–water partition coefficient (Wildman–Crippen LogP) is 4.94. The Morgan fingerprint density at radius 3 is 2.59 bits per heavy atom. The highest BCUT2D eigenvalue weighted by Crippen LogP contribution is 2.22. The highest BCUT2D eigenvalue weighted by Gasteiger charge is 2.21. The molecule has 0 radical (unpaired) electrons. The van der Waals surface area contributed by atoms with Gasteiger partial charge in [-0.25, -0.2) is 4.98 Å². The molecule has 6 nitrogen and oxygen atoms in total. The minimum Gasteiger partial charge on any atom is -0.342 e. The Hall–Kier alpha value is -3.38. The molecule has 1 atom stereocenters. The molecule has 1 amide bonds. The second kappa shape index (κ2) is 9.40. The van der Waals surface area contributed by atoms with Crippen molar-refractivity contribution in [3.05, 3.63) is 99.2 Å². The van der Waals surface area contributed by atoms with Crippen LogP contribution in [-0.2, 0) is 6.54 Å². The summed E-state index contributed by atoms with van der Waals surface area (Å²) in [6, 6.07) is 17.8. The summed E-state index contributed by atoms with van der Waals surface area (Å²) in [7, 11) is 0. The maximum absolute atomic E-state index is 13.1. The molecule has 0 saturated carbocycles. The average molecular weight is 449 g/mol. The fourth-order valence-corrected chi connectivity index (χ4v) is 3.88. The third kappa shape index (κ3) is 4.92. The van der Waals surface area contributed by atoms with Crippen LogP contribution in [0.3, 0.4) is 0 Å².